The number of fused-ring (bicyclic) bond motifs is 1. The van der Waals surface area contributed by atoms with E-state index in [1.807, 2.05) is 4.90 Å². The van der Waals surface area contributed by atoms with Gasteiger partial charge >= 0.3 is 6.03 Å². The van der Waals surface area contributed by atoms with Gasteiger partial charge in [-0.15, -0.1) is 0 Å². The van der Waals surface area contributed by atoms with E-state index in [9.17, 15) is 4.79 Å². The highest BCUT2D eigenvalue weighted by Gasteiger charge is 2.38. The van der Waals surface area contributed by atoms with Crippen LogP contribution in [0.5, 0.6) is 0 Å². The molecule has 3 rings (SSSR count). The van der Waals surface area contributed by atoms with Crippen molar-refractivity contribution < 1.29 is 9.53 Å². The molecule has 0 aromatic carbocycles. The van der Waals surface area contributed by atoms with Gasteiger partial charge in [0.2, 0.25) is 0 Å². The van der Waals surface area contributed by atoms with Crippen LogP contribution >= 0.6 is 0 Å². The largest absolute Gasteiger partial charge is 0.379 e. The molecule has 2 unspecified atom stereocenters. The normalized spacial score (nSPS) is 39.7. The number of carbonyl (C=O) groups excluding carboxylic acids is 1. The predicted molar refractivity (Wildman–Crippen MR) is 68.1 cm³/mol. The third kappa shape index (κ3) is 2.47. The van der Waals surface area contributed by atoms with Crippen molar-refractivity contribution >= 4 is 6.03 Å². The van der Waals surface area contributed by atoms with Crippen molar-refractivity contribution in [3.8, 4) is 0 Å². The van der Waals surface area contributed by atoms with Gasteiger partial charge in [0, 0.05) is 25.7 Å². The topological polar surface area (TPSA) is 67.6 Å². The Morgan fingerprint density at radius 1 is 1.22 bits per heavy atom. The number of hydrogen-bond donors (Lipinski definition) is 2. The molecule has 0 aromatic rings. The molecule has 3 fully saturated rings. The van der Waals surface area contributed by atoms with Crippen LogP contribution in [0.4, 0.5) is 4.79 Å². The molecule has 4 atom stereocenters. The van der Waals surface area contributed by atoms with Gasteiger partial charge in [-0.2, -0.15) is 0 Å². The third-order valence-electron chi connectivity index (χ3n) is 4.63. The molecule has 102 valence electrons. The molecule has 5 nitrogen and oxygen atoms in total. The molecule has 5 heteroatoms. The Hall–Kier alpha value is -0.810. The van der Waals surface area contributed by atoms with Gasteiger partial charge in [0.15, 0.2) is 0 Å². The zero-order valence-electron chi connectivity index (χ0n) is 10.8. The number of likely N-dealkylation sites (tertiary alicyclic amines) is 1. The lowest BCUT2D eigenvalue weighted by atomic mass is 9.79. The number of amides is 2. The summed E-state index contributed by atoms with van der Waals surface area (Å²) in [6.45, 7) is 3.23. The van der Waals surface area contributed by atoms with Crippen LogP contribution in [0.3, 0.4) is 0 Å². The Kier molecular flexibility index (Phi) is 3.43. The van der Waals surface area contributed by atoms with E-state index in [4.69, 9.17) is 10.5 Å². The number of urea groups is 1. The Balaban J connectivity index is 1.52. The molecule has 2 saturated heterocycles. The average Bonchev–Trinajstić information content (AvgIpc) is 2.96. The molecule has 0 aromatic heterocycles. The summed E-state index contributed by atoms with van der Waals surface area (Å²) in [5.74, 6) is 1.30. The first kappa shape index (κ1) is 12.2. The second-order valence-electron chi connectivity index (χ2n) is 6.01. The fourth-order valence-electron chi connectivity index (χ4n) is 3.55. The van der Waals surface area contributed by atoms with Gasteiger partial charge < -0.3 is 20.7 Å². The van der Waals surface area contributed by atoms with Crippen LogP contribution in [0.1, 0.15) is 25.7 Å². The summed E-state index contributed by atoms with van der Waals surface area (Å²) in [7, 11) is 0. The summed E-state index contributed by atoms with van der Waals surface area (Å²) in [5, 5.41) is 3.07. The number of nitrogens with one attached hydrogen (secondary N) is 1. The Labute approximate surface area is 108 Å². The van der Waals surface area contributed by atoms with Gasteiger partial charge in [0.25, 0.3) is 0 Å². The maximum absolute atomic E-state index is 12.2. The number of hydrogen-bond acceptors (Lipinski definition) is 3. The lowest BCUT2D eigenvalue weighted by molar-refractivity contribution is 0.181. The van der Waals surface area contributed by atoms with E-state index in [-0.39, 0.29) is 12.1 Å². The van der Waals surface area contributed by atoms with Crippen molar-refractivity contribution in [2.24, 2.45) is 17.6 Å². The number of nitrogens with two attached hydrogens (primary N) is 1. The van der Waals surface area contributed by atoms with Crippen LogP contribution in [0.25, 0.3) is 0 Å². The van der Waals surface area contributed by atoms with Gasteiger partial charge in [0.05, 0.1) is 12.6 Å². The van der Waals surface area contributed by atoms with E-state index in [0.29, 0.717) is 24.5 Å². The highest BCUT2D eigenvalue weighted by atomic mass is 16.5. The first-order chi connectivity index (χ1) is 8.72. The third-order valence-corrected chi connectivity index (χ3v) is 4.63. The summed E-state index contributed by atoms with van der Waals surface area (Å²) >= 11 is 0. The van der Waals surface area contributed by atoms with Crippen LogP contribution in [-0.4, -0.2) is 49.3 Å². The highest BCUT2D eigenvalue weighted by molar-refractivity contribution is 5.75. The monoisotopic (exact) mass is 253 g/mol. The maximum atomic E-state index is 12.2. The Bertz CT molecular complexity index is 317. The van der Waals surface area contributed by atoms with Crippen molar-refractivity contribution in [3.05, 3.63) is 0 Å². The van der Waals surface area contributed by atoms with Crippen molar-refractivity contribution in [3.63, 3.8) is 0 Å². The van der Waals surface area contributed by atoms with Crippen molar-refractivity contribution in [2.75, 3.05) is 26.3 Å². The molecule has 2 aliphatic heterocycles. The number of carbonyl (C=O) groups is 1. The molecule has 3 N–H and O–H groups in total. The molecular weight excluding hydrogens is 230 g/mol. The van der Waals surface area contributed by atoms with Crippen molar-refractivity contribution in [1.82, 2.24) is 10.2 Å². The van der Waals surface area contributed by atoms with E-state index in [1.54, 1.807) is 0 Å². The van der Waals surface area contributed by atoms with Crippen LogP contribution < -0.4 is 11.1 Å². The number of nitrogens with zero attached hydrogens (tertiary/aromatic N) is 1. The summed E-state index contributed by atoms with van der Waals surface area (Å²) < 4.78 is 5.28. The summed E-state index contributed by atoms with van der Waals surface area (Å²) in [6, 6.07) is 0.647. The average molecular weight is 253 g/mol. The standard InChI is InChI=1S/C13H23N3O2/c14-11-2-1-9-6-16(7-10(9)5-11)13(17)15-12-3-4-18-8-12/h9-12H,1-8,14H2,(H,15,17)/t9-,10+,11?,12?/m1/s1. The maximum Gasteiger partial charge on any atom is 0.317 e. The molecule has 2 heterocycles. The minimum absolute atomic E-state index is 0.0912. The smallest absolute Gasteiger partial charge is 0.317 e. The molecule has 18 heavy (non-hydrogen) atoms. The second-order valence-corrected chi connectivity index (χ2v) is 6.01. The van der Waals surface area contributed by atoms with Gasteiger partial charge in [-0.25, -0.2) is 4.79 Å². The van der Waals surface area contributed by atoms with Crippen molar-refractivity contribution in [1.29, 1.82) is 0 Å². The van der Waals surface area contributed by atoms with Crippen LogP contribution in [0, 0.1) is 11.8 Å². The molecule has 3 aliphatic rings. The quantitative estimate of drug-likeness (QED) is 0.717. The van der Waals surface area contributed by atoms with Gasteiger partial charge in [-0.3, -0.25) is 0 Å². The zero-order valence-corrected chi connectivity index (χ0v) is 10.8. The molecule has 2 amide bonds. The molecular formula is C13H23N3O2. The van der Waals surface area contributed by atoms with Crippen LogP contribution in [0.2, 0.25) is 0 Å². The fourth-order valence-corrected chi connectivity index (χ4v) is 3.55. The minimum Gasteiger partial charge on any atom is -0.379 e. The molecule has 0 spiro atoms. The molecule has 0 radical (unpaired) electrons. The first-order valence-corrected chi connectivity index (χ1v) is 7.11. The summed E-state index contributed by atoms with van der Waals surface area (Å²) in [4.78, 5) is 14.1. The lowest BCUT2D eigenvalue weighted by Gasteiger charge is -2.27. The molecule has 1 aliphatic carbocycles. The van der Waals surface area contributed by atoms with Gasteiger partial charge in [0.1, 0.15) is 0 Å². The minimum atomic E-state index is 0.0912. The predicted octanol–water partition coefficient (Wildman–Crippen LogP) is 0.544. The SMILES string of the molecule is NC1CC[C@@H]2CN(C(=O)NC3CCOC3)C[C@@H]2C1. The van der Waals surface area contributed by atoms with Crippen LogP contribution in [-0.2, 0) is 4.74 Å². The van der Waals surface area contributed by atoms with E-state index in [0.717, 1.165) is 39.0 Å². The summed E-state index contributed by atoms with van der Waals surface area (Å²) in [6.07, 6.45) is 4.33. The van der Waals surface area contributed by atoms with E-state index in [2.05, 4.69) is 5.32 Å². The van der Waals surface area contributed by atoms with Crippen molar-refractivity contribution in [2.45, 2.75) is 37.8 Å². The molecule has 0 bridgehead atoms. The highest BCUT2D eigenvalue weighted by Crippen LogP contribution is 2.35. The van der Waals surface area contributed by atoms with E-state index in [1.165, 1.54) is 6.42 Å². The molecule has 1 saturated carbocycles. The van der Waals surface area contributed by atoms with E-state index < -0.39 is 0 Å². The van der Waals surface area contributed by atoms with Gasteiger partial charge in [-0.1, -0.05) is 0 Å². The fraction of sp³-hybridized carbons (Fsp3) is 0.923. The first-order valence-electron chi connectivity index (χ1n) is 7.11. The number of ether oxygens (including phenoxy) is 1. The second kappa shape index (κ2) is 5.05. The zero-order chi connectivity index (χ0) is 12.5. The van der Waals surface area contributed by atoms with Crippen LogP contribution in [0.15, 0.2) is 0 Å². The summed E-state index contributed by atoms with van der Waals surface area (Å²) in [5.41, 5.74) is 6.01. The van der Waals surface area contributed by atoms with E-state index >= 15 is 0 Å². The number of rotatable bonds is 1. The Morgan fingerprint density at radius 2 is 2.06 bits per heavy atom. The van der Waals surface area contributed by atoms with Gasteiger partial charge in [-0.05, 0) is 37.5 Å². The lowest BCUT2D eigenvalue weighted by Crippen LogP contribution is -2.44. The Morgan fingerprint density at radius 3 is 2.83 bits per heavy atom.